The van der Waals surface area contributed by atoms with E-state index in [0.717, 1.165) is 24.8 Å². The van der Waals surface area contributed by atoms with Gasteiger partial charge in [-0.2, -0.15) is 5.10 Å². The molecule has 108 valence electrons. The minimum Gasteiger partial charge on any atom is -0.330 e. The molecule has 1 aromatic rings. The van der Waals surface area contributed by atoms with Crippen molar-refractivity contribution in [1.29, 1.82) is 0 Å². The normalized spacial score (nSPS) is 27.9. The third-order valence-corrected chi connectivity index (χ3v) is 5.17. The highest BCUT2D eigenvalue weighted by molar-refractivity contribution is 5.05. The van der Waals surface area contributed by atoms with Crippen LogP contribution in [0.3, 0.4) is 0 Å². The van der Waals surface area contributed by atoms with E-state index in [1.807, 2.05) is 17.9 Å². The van der Waals surface area contributed by atoms with E-state index in [0.29, 0.717) is 5.41 Å². The quantitative estimate of drug-likeness (QED) is 0.887. The molecule has 1 aliphatic rings. The number of aromatic nitrogens is 2. The largest absolute Gasteiger partial charge is 0.330 e. The van der Waals surface area contributed by atoms with E-state index >= 15 is 0 Å². The molecule has 1 aliphatic carbocycles. The van der Waals surface area contributed by atoms with Crippen LogP contribution in [0.5, 0.6) is 0 Å². The van der Waals surface area contributed by atoms with Crippen molar-refractivity contribution in [2.45, 2.75) is 52.4 Å². The summed E-state index contributed by atoms with van der Waals surface area (Å²) in [5.41, 5.74) is 7.85. The fourth-order valence-electron chi connectivity index (χ4n) is 3.49. The fraction of sp³-hybridized carbons (Fsp3) is 0.812. The van der Waals surface area contributed by atoms with Crippen molar-refractivity contribution < 1.29 is 0 Å². The number of aryl methyl sites for hydroxylation is 2. The van der Waals surface area contributed by atoms with E-state index in [1.54, 1.807) is 0 Å². The molecule has 0 atom stereocenters. The molecule has 1 fully saturated rings. The van der Waals surface area contributed by atoms with Crippen LogP contribution in [0, 0.1) is 17.3 Å². The molecule has 1 aromatic heterocycles. The molecule has 0 spiro atoms. The Kier molecular flexibility index (Phi) is 4.67. The number of nitrogens with zero attached hydrogens (tertiary/aromatic N) is 2. The second kappa shape index (κ2) is 6.08. The summed E-state index contributed by atoms with van der Waals surface area (Å²) in [5.74, 6) is 1.74. The lowest BCUT2D eigenvalue weighted by atomic mass is 9.66. The first-order valence-corrected chi connectivity index (χ1v) is 7.72. The molecule has 0 unspecified atom stereocenters. The lowest BCUT2D eigenvalue weighted by Crippen LogP contribution is -2.36. The zero-order chi connectivity index (χ0) is 13.9. The van der Waals surface area contributed by atoms with Gasteiger partial charge in [-0.25, -0.2) is 0 Å². The summed E-state index contributed by atoms with van der Waals surface area (Å²) < 4.78 is 1.89. The van der Waals surface area contributed by atoms with Gasteiger partial charge in [0.1, 0.15) is 0 Å². The average molecular weight is 263 g/mol. The third kappa shape index (κ3) is 3.59. The molecule has 3 nitrogen and oxygen atoms in total. The molecule has 2 N–H and O–H groups in total. The molecule has 0 aliphatic heterocycles. The highest BCUT2D eigenvalue weighted by Crippen LogP contribution is 2.43. The number of hydrogen-bond donors (Lipinski definition) is 1. The van der Waals surface area contributed by atoms with Crippen LogP contribution in [0.1, 0.15) is 51.5 Å². The molecule has 0 bridgehead atoms. The van der Waals surface area contributed by atoms with Gasteiger partial charge in [0.15, 0.2) is 0 Å². The van der Waals surface area contributed by atoms with E-state index < -0.39 is 0 Å². The highest BCUT2D eigenvalue weighted by atomic mass is 15.2. The topological polar surface area (TPSA) is 43.8 Å². The smallest absolute Gasteiger partial charge is 0.0521 e. The summed E-state index contributed by atoms with van der Waals surface area (Å²) in [6.07, 6.45) is 11.8. The van der Waals surface area contributed by atoms with Crippen LogP contribution in [0.25, 0.3) is 0 Å². The number of hydrogen-bond acceptors (Lipinski definition) is 2. The van der Waals surface area contributed by atoms with Gasteiger partial charge in [0.25, 0.3) is 0 Å². The van der Waals surface area contributed by atoms with Crippen molar-refractivity contribution in [3.8, 4) is 0 Å². The first-order valence-electron chi connectivity index (χ1n) is 7.72. The number of nitrogens with two attached hydrogens (primary N) is 1. The van der Waals surface area contributed by atoms with Crippen LogP contribution in [0.4, 0.5) is 0 Å². The van der Waals surface area contributed by atoms with Crippen LogP contribution in [0.15, 0.2) is 12.4 Å². The first kappa shape index (κ1) is 14.6. The van der Waals surface area contributed by atoms with Gasteiger partial charge in [-0.1, -0.05) is 13.8 Å². The molecule has 0 radical (unpaired) electrons. The van der Waals surface area contributed by atoms with Crippen molar-refractivity contribution in [2.24, 2.45) is 30.0 Å². The van der Waals surface area contributed by atoms with Gasteiger partial charge in [-0.15, -0.1) is 0 Å². The van der Waals surface area contributed by atoms with Crippen LogP contribution in [0.2, 0.25) is 0 Å². The maximum absolute atomic E-state index is 6.11. The zero-order valence-electron chi connectivity index (χ0n) is 12.7. The van der Waals surface area contributed by atoms with E-state index in [9.17, 15) is 0 Å². The Hall–Kier alpha value is -0.830. The maximum atomic E-state index is 6.11. The molecule has 0 amide bonds. The van der Waals surface area contributed by atoms with Crippen molar-refractivity contribution >= 4 is 0 Å². The Bertz CT molecular complexity index is 386. The lowest BCUT2D eigenvalue weighted by molar-refractivity contribution is 0.123. The van der Waals surface area contributed by atoms with Crippen LogP contribution in [-0.2, 0) is 13.5 Å². The summed E-state index contributed by atoms with van der Waals surface area (Å²) in [4.78, 5) is 0. The van der Waals surface area contributed by atoms with Crippen LogP contribution >= 0.6 is 0 Å². The van der Waals surface area contributed by atoms with Crippen molar-refractivity contribution in [2.75, 3.05) is 6.54 Å². The predicted octanol–water partition coefficient (Wildman–Crippen LogP) is 3.14. The molecule has 0 aromatic carbocycles. The van der Waals surface area contributed by atoms with Gasteiger partial charge in [-0.05, 0) is 67.9 Å². The van der Waals surface area contributed by atoms with Crippen LogP contribution in [-0.4, -0.2) is 16.3 Å². The summed E-state index contributed by atoms with van der Waals surface area (Å²) in [6.45, 7) is 5.56. The summed E-state index contributed by atoms with van der Waals surface area (Å²) >= 11 is 0. The third-order valence-electron chi connectivity index (χ3n) is 5.17. The standard InChI is InChI=1S/C16H29N3/c1-13(2)15-5-8-16(12-17,9-6-15)7-4-14-10-18-19(3)11-14/h10-11,13,15H,4-9,12,17H2,1-3H3. The van der Waals surface area contributed by atoms with Gasteiger partial charge < -0.3 is 5.73 Å². The Labute approximate surface area is 117 Å². The Morgan fingerprint density at radius 2 is 2.11 bits per heavy atom. The van der Waals surface area contributed by atoms with E-state index in [2.05, 4.69) is 25.1 Å². The van der Waals surface area contributed by atoms with Crippen molar-refractivity contribution in [1.82, 2.24) is 9.78 Å². The van der Waals surface area contributed by atoms with Gasteiger partial charge in [-0.3, -0.25) is 4.68 Å². The molecule has 0 saturated heterocycles. The first-order chi connectivity index (χ1) is 9.04. The Morgan fingerprint density at radius 1 is 1.42 bits per heavy atom. The molecule has 19 heavy (non-hydrogen) atoms. The second-order valence-corrected chi connectivity index (χ2v) is 6.81. The Morgan fingerprint density at radius 3 is 2.58 bits per heavy atom. The van der Waals surface area contributed by atoms with Gasteiger partial charge in [0, 0.05) is 13.2 Å². The molecule has 1 saturated carbocycles. The lowest BCUT2D eigenvalue weighted by Gasteiger charge is -2.41. The fourth-order valence-corrected chi connectivity index (χ4v) is 3.49. The molecular weight excluding hydrogens is 234 g/mol. The monoisotopic (exact) mass is 263 g/mol. The molecular formula is C16H29N3. The zero-order valence-corrected chi connectivity index (χ0v) is 12.7. The van der Waals surface area contributed by atoms with Crippen LogP contribution < -0.4 is 5.73 Å². The second-order valence-electron chi connectivity index (χ2n) is 6.81. The average Bonchev–Trinajstić information content (AvgIpc) is 2.83. The minimum atomic E-state index is 0.390. The molecule has 3 heteroatoms. The minimum absolute atomic E-state index is 0.390. The van der Waals surface area contributed by atoms with E-state index in [-0.39, 0.29) is 0 Å². The summed E-state index contributed by atoms with van der Waals surface area (Å²) in [7, 11) is 1.98. The summed E-state index contributed by atoms with van der Waals surface area (Å²) in [6, 6.07) is 0. The predicted molar refractivity (Wildman–Crippen MR) is 79.8 cm³/mol. The van der Waals surface area contributed by atoms with Gasteiger partial charge >= 0.3 is 0 Å². The SMILES string of the molecule is CC(C)C1CCC(CN)(CCc2cnn(C)c2)CC1. The number of rotatable bonds is 5. The van der Waals surface area contributed by atoms with E-state index in [4.69, 9.17) is 5.73 Å². The maximum Gasteiger partial charge on any atom is 0.0521 e. The summed E-state index contributed by atoms with van der Waals surface area (Å²) in [5, 5.41) is 4.25. The van der Waals surface area contributed by atoms with Gasteiger partial charge in [0.05, 0.1) is 6.20 Å². The van der Waals surface area contributed by atoms with Crippen molar-refractivity contribution in [3.05, 3.63) is 18.0 Å². The van der Waals surface area contributed by atoms with Crippen molar-refractivity contribution in [3.63, 3.8) is 0 Å². The molecule has 2 rings (SSSR count). The van der Waals surface area contributed by atoms with Gasteiger partial charge in [0.2, 0.25) is 0 Å². The highest BCUT2D eigenvalue weighted by Gasteiger charge is 2.34. The molecule has 1 heterocycles. The Balaban J connectivity index is 1.89. The van der Waals surface area contributed by atoms with E-state index in [1.165, 1.54) is 37.7 Å².